The van der Waals surface area contributed by atoms with Crippen LogP contribution in [0.5, 0.6) is 0 Å². The molecular formula is C24H30N2O3. The molecular weight excluding hydrogens is 364 g/mol. The number of piperidine rings is 1. The van der Waals surface area contributed by atoms with Gasteiger partial charge in [-0.25, -0.2) is 4.79 Å². The summed E-state index contributed by atoms with van der Waals surface area (Å²) in [6, 6.07) is 14.6. The molecule has 1 aliphatic heterocycles. The maximum atomic E-state index is 12.4. The maximum absolute atomic E-state index is 12.4. The van der Waals surface area contributed by atoms with Crippen molar-refractivity contribution in [2.24, 2.45) is 5.73 Å². The van der Waals surface area contributed by atoms with Crippen molar-refractivity contribution in [1.82, 2.24) is 0 Å². The zero-order valence-electron chi connectivity index (χ0n) is 17.0. The van der Waals surface area contributed by atoms with Gasteiger partial charge < -0.3 is 20.5 Å². The van der Waals surface area contributed by atoms with E-state index in [1.54, 1.807) is 12.1 Å². The van der Waals surface area contributed by atoms with Gasteiger partial charge in [0, 0.05) is 24.7 Å². The molecule has 0 radical (unpaired) electrons. The lowest BCUT2D eigenvalue weighted by Gasteiger charge is -2.38. The molecule has 2 atom stereocenters. The number of anilines is 1. The fourth-order valence-electron chi connectivity index (χ4n) is 4.40. The second-order valence-corrected chi connectivity index (χ2v) is 7.88. The van der Waals surface area contributed by atoms with Crippen LogP contribution in [0.25, 0.3) is 0 Å². The lowest BCUT2D eigenvalue weighted by atomic mass is 9.73. The lowest BCUT2D eigenvalue weighted by Crippen LogP contribution is -2.45. The predicted octanol–water partition coefficient (Wildman–Crippen LogP) is 4.31. The largest absolute Gasteiger partial charge is 0.478 e. The van der Waals surface area contributed by atoms with Gasteiger partial charge in [-0.1, -0.05) is 43.7 Å². The van der Waals surface area contributed by atoms with Crippen molar-refractivity contribution in [2.45, 2.75) is 50.5 Å². The fraction of sp³-hybridized carbons (Fsp3) is 0.417. The quantitative estimate of drug-likeness (QED) is 0.652. The van der Waals surface area contributed by atoms with Gasteiger partial charge in [0.1, 0.15) is 11.8 Å². The number of aldehydes is 1. The van der Waals surface area contributed by atoms with Crippen LogP contribution in [0.3, 0.4) is 0 Å². The highest BCUT2D eigenvalue weighted by Gasteiger charge is 2.39. The van der Waals surface area contributed by atoms with Gasteiger partial charge in [0.25, 0.3) is 0 Å². The Balaban J connectivity index is 2.05. The maximum Gasteiger partial charge on any atom is 0.335 e. The van der Waals surface area contributed by atoms with Crippen LogP contribution >= 0.6 is 0 Å². The third-order valence-corrected chi connectivity index (χ3v) is 5.99. The summed E-state index contributed by atoms with van der Waals surface area (Å²) in [4.78, 5) is 26.0. The molecule has 29 heavy (non-hydrogen) atoms. The van der Waals surface area contributed by atoms with Gasteiger partial charge in [0.15, 0.2) is 0 Å². The second kappa shape index (κ2) is 9.23. The monoisotopic (exact) mass is 394 g/mol. The van der Waals surface area contributed by atoms with Gasteiger partial charge >= 0.3 is 5.97 Å². The molecule has 0 aliphatic carbocycles. The predicted molar refractivity (Wildman–Crippen MR) is 115 cm³/mol. The highest BCUT2D eigenvalue weighted by molar-refractivity contribution is 5.87. The molecule has 1 aliphatic rings. The Morgan fingerprint density at radius 1 is 1.14 bits per heavy atom. The Morgan fingerprint density at radius 2 is 1.79 bits per heavy atom. The second-order valence-electron chi connectivity index (χ2n) is 7.88. The van der Waals surface area contributed by atoms with Crippen molar-refractivity contribution < 1.29 is 14.7 Å². The molecule has 2 aromatic carbocycles. The van der Waals surface area contributed by atoms with Gasteiger partial charge in [-0.15, -0.1) is 0 Å². The molecule has 1 saturated heterocycles. The van der Waals surface area contributed by atoms with E-state index in [0.29, 0.717) is 5.56 Å². The number of carboxylic acid groups (broad SMARTS) is 1. The molecule has 2 unspecified atom stereocenters. The number of hydrogen-bond donors (Lipinski definition) is 2. The minimum Gasteiger partial charge on any atom is -0.478 e. The first-order valence-corrected chi connectivity index (χ1v) is 10.4. The van der Waals surface area contributed by atoms with Gasteiger partial charge in [0.05, 0.1) is 5.56 Å². The molecule has 0 amide bonds. The number of aromatic carboxylic acids is 1. The van der Waals surface area contributed by atoms with Crippen molar-refractivity contribution in [1.29, 1.82) is 0 Å². The first-order chi connectivity index (χ1) is 14.0. The van der Waals surface area contributed by atoms with Crippen LogP contribution in [-0.2, 0) is 10.3 Å². The van der Waals surface area contributed by atoms with E-state index in [1.165, 1.54) is 31.4 Å². The molecule has 5 nitrogen and oxygen atoms in total. The summed E-state index contributed by atoms with van der Waals surface area (Å²) in [7, 11) is 0. The van der Waals surface area contributed by atoms with Gasteiger partial charge in [-0.2, -0.15) is 0 Å². The van der Waals surface area contributed by atoms with Crippen molar-refractivity contribution in [3.63, 3.8) is 0 Å². The molecule has 1 fully saturated rings. The minimum atomic E-state index is -1.22. The molecule has 0 aromatic heterocycles. The van der Waals surface area contributed by atoms with E-state index in [1.807, 2.05) is 12.1 Å². The van der Waals surface area contributed by atoms with Gasteiger partial charge in [0.2, 0.25) is 0 Å². The Bertz CT molecular complexity index is 843. The fourth-order valence-corrected chi connectivity index (χ4v) is 4.40. The number of hydrogen-bond acceptors (Lipinski definition) is 4. The van der Waals surface area contributed by atoms with Crippen LogP contribution in [0, 0.1) is 0 Å². The average molecular weight is 395 g/mol. The molecule has 0 spiro atoms. The molecule has 5 heteroatoms. The van der Waals surface area contributed by atoms with Crippen LogP contribution in [0.1, 0.15) is 66.4 Å². The van der Waals surface area contributed by atoms with E-state index in [4.69, 9.17) is 5.73 Å². The third-order valence-electron chi connectivity index (χ3n) is 5.99. The van der Waals surface area contributed by atoms with Gasteiger partial charge in [-0.3, -0.25) is 0 Å². The highest BCUT2D eigenvalue weighted by Crippen LogP contribution is 2.41. The Hall–Kier alpha value is -2.66. The van der Waals surface area contributed by atoms with Crippen LogP contribution in [0.15, 0.2) is 48.5 Å². The van der Waals surface area contributed by atoms with Crippen molar-refractivity contribution in [3.8, 4) is 0 Å². The average Bonchev–Trinajstić information content (AvgIpc) is 2.77. The summed E-state index contributed by atoms with van der Waals surface area (Å²) in [6.45, 7) is 4.12. The molecule has 1 heterocycles. The van der Waals surface area contributed by atoms with Crippen LogP contribution < -0.4 is 10.6 Å². The number of nitrogens with two attached hydrogens (primary N) is 1. The van der Waals surface area contributed by atoms with Crippen LogP contribution in [0.2, 0.25) is 0 Å². The van der Waals surface area contributed by atoms with E-state index < -0.39 is 11.5 Å². The molecule has 0 saturated carbocycles. The minimum absolute atomic E-state index is 0.183. The smallest absolute Gasteiger partial charge is 0.335 e. The number of benzene rings is 2. The highest BCUT2D eigenvalue weighted by atomic mass is 16.4. The summed E-state index contributed by atoms with van der Waals surface area (Å²) in [5.74, 6) is -1.19. The number of nitrogens with zero attached hydrogens (tertiary/aromatic N) is 1. The summed E-state index contributed by atoms with van der Waals surface area (Å²) in [6.07, 6.45) is 6.08. The number of carbonyl (C=O) groups is 2. The summed E-state index contributed by atoms with van der Waals surface area (Å²) < 4.78 is 0. The molecule has 154 valence electrons. The van der Waals surface area contributed by atoms with E-state index in [9.17, 15) is 14.7 Å². The number of para-hydroxylation sites is 1. The molecule has 3 N–H and O–H groups in total. The Kier molecular flexibility index (Phi) is 6.70. The normalized spacial score (nSPS) is 17.4. The number of carboxylic acids is 1. The molecule has 0 bridgehead atoms. The topological polar surface area (TPSA) is 83.6 Å². The Morgan fingerprint density at radius 3 is 2.38 bits per heavy atom. The zero-order chi connectivity index (χ0) is 20.9. The van der Waals surface area contributed by atoms with Gasteiger partial charge in [-0.05, 0) is 55.0 Å². The van der Waals surface area contributed by atoms with Crippen LogP contribution in [-0.4, -0.2) is 30.5 Å². The summed E-state index contributed by atoms with van der Waals surface area (Å²) >= 11 is 0. The molecule has 3 rings (SSSR count). The summed E-state index contributed by atoms with van der Waals surface area (Å²) in [5.41, 5.74) is 8.62. The van der Waals surface area contributed by atoms with E-state index >= 15 is 0 Å². The van der Waals surface area contributed by atoms with E-state index in [0.717, 1.165) is 43.5 Å². The Labute approximate surface area is 172 Å². The van der Waals surface area contributed by atoms with Crippen molar-refractivity contribution in [2.75, 3.05) is 18.0 Å². The molecule has 2 aromatic rings. The lowest BCUT2D eigenvalue weighted by molar-refractivity contribution is -0.113. The summed E-state index contributed by atoms with van der Waals surface area (Å²) in [5, 5.41) is 9.18. The number of carbonyl (C=O) groups excluding carboxylic acids is 1. The van der Waals surface area contributed by atoms with E-state index in [2.05, 4.69) is 24.0 Å². The zero-order valence-corrected chi connectivity index (χ0v) is 17.0. The first-order valence-electron chi connectivity index (χ1n) is 10.4. The standard InChI is InChI=1S/C24H30N2O3/c1-2-8-21(20-9-4-5-10-22(20)26-15-6-3-7-16-26)24(25,17-27)19-13-11-18(12-14-19)23(28)29/h4-5,9-14,17,21H,2-3,6-8,15-16,25H2,1H3,(H,28,29). The first kappa shape index (κ1) is 21.1. The van der Waals surface area contributed by atoms with Crippen molar-refractivity contribution in [3.05, 3.63) is 65.2 Å². The van der Waals surface area contributed by atoms with E-state index in [-0.39, 0.29) is 11.5 Å². The van der Waals surface area contributed by atoms with Crippen molar-refractivity contribution >= 4 is 17.9 Å². The third kappa shape index (κ3) is 4.35. The SMILES string of the molecule is CCCC(c1ccccc1N1CCCCC1)C(N)(C=O)c1ccc(C(=O)O)cc1. The number of rotatable bonds is 8. The van der Waals surface area contributed by atoms with Crippen LogP contribution in [0.4, 0.5) is 5.69 Å².